The van der Waals surface area contributed by atoms with Crippen molar-refractivity contribution in [3.05, 3.63) is 42.2 Å². The topological polar surface area (TPSA) is 68.5 Å². The molecule has 0 saturated heterocycles. The van der Waals surface area contributed by atoms with E-state index in [0.717, 1.165) is 29.7 Å². The minimum atomic E-state index is 0.538. The Hall–Kier alpha value is -2.34. The Morgan fingerprint density at radius 2 is 1.90 bits per heavy atom. The SMILES string of the molecule is CC(C)CNCc1cnc(-n2nnc3ccccc32)nc1. The first-order valence-corrected chi connectivity index (χ1v) is 7.06. The Balaban J connectivity index is 1.78. The largest absolute Gasteiger partial charge is 0.312 e. The van der Waals surface area contributed by atoms with E-state index in [2.05, 4.69) is 39.4 Å². The lowest BCUT2D eigenvalue weighted by molar-refractivity contribution is 0.551. The van der Waals surface area contributed by atoms with Gasteiger partial charge in [0.15, 0.2) is 0 Å². The third-order valence-corrected chi connectivity index (χ3v) is 3.11. The van der Waals surface area contributed by atoms with Crippen LogP contribution >= 0.6 is 0 Å². The fourth-order valence-electron chi connectivity index (χ4n) is 2.07. The van der Waals surface area contributed by atoms with Crippen LogP contribution in [0.15, 0.2) is 36.7 Å². The molecular formula is C15H18N6. The molecule has 1 N–H and O–H groups in total. The maximum absolute atomic E-state index is 4.38. The van der Waals surface area contributed by atoms with Crippen LogP contribution in [0.25, 0.3) is 17.0 Å². The summed E-state index contributed by atoms with van der Waals surface area (Å²) >= 11 is 0. The molecule has 0 spiro atoms. The molecule has 0 fully saturated rings. The van der Waals surface area contributed by atoms with Crippen LogP contribution in [0.1, 0.15) is 19.4 Å². The standard InChI is InChI=1S/C15H18N6/c1-11(2)7-16-8-12-9-17-15(18-10-12)21-14-6-4-3-5-13(14)19-20-21/h3-6,9-11,16H,7-8H2,1-2H3. The molecule has 0 unspecified atom stereocenters. The van der Waals surface area contributed by atoms with Crippen LogP contribution in [0.2, 0.25) is 0 Å². The fourth-order valence-corrected chi connectivity index (χ4v) is 2.07. The molecule has 0 atom stereocenters. The number of benzene rings is 1. The fraction of sp³-hybridized carbons (Fsp3) is 0.333. The average Bonchev–Trinajstić information content (AvgIpc) is 2.92. The number of nitrogens with zero attached hydrogens (tertiary/aromatic N) is 5. The number of fused-ring (bicyclic) bond motifs is 1. The van der Waals surface area contributed by atoms with Crippen molar-refractivity contribution in [1.82, 2.24) is 30.3 Å². The maximum atomic E-state index is 4.38. The second kappa shape index (κ2) is 5.97. The number of para-hydroxylation sites is 1. The van der Waals surface area contributed by atoms with Gasteiger partial charge in [0.05, 0.1) is 5.52 Å². The molecule has 2 heterocycles. The minimum Gasteiger partial charge on any atom is -0.312 e. The molecule has 0 radical (unpaired) electrons. The summed E-state index contributed by atoms with van der Waals surface area (Å²) in [6, 6.07) is 7.76. The van der Waals surface area contributed by atoms with E-state index in [1.807, 2.05) is 36.7 Å². The molecule has 0 bridgehead atoms. The van der Waals surface area contributed by atoms with E-state index in [-0.39, 0.29) is 0 Å². The number of aromatic nitrogens is 5. The van der Waals surface area contributed by atoms with Gasteiger partial charge in [-0.05, 0) is 24.6 Å². The molecule has 6 heteroatoms. The van der Waals surface area contributed by atoms with Gasteiger partial charge in [0.1, 0.15) is 5.52 Å². The van der Waals surface area contributed by atoms with Gasteiger partial charge >= 0.3 is 0 Å². The predicted molar refractivity (Wildman–Crippen MR) is 81.0 cm³/mol. The van der Waals surface area contributed by atoms with Crippen molar-refractivity contribution in [2.45, 2.75) is 20.4 Å². The zero-order chi connectivity index (χ0) is 14.7. The zero-order valence-corrected chi connectivity index (χ0v) is 12.2. The normalized spacial score (nSPS) is 11.4. The zero-order valence-electron chi connectivity index (χ0n) is 12.2. The Morgan fingerprint density at radius 3 is 2.67 bits per heavy atom. The van der Waals surface area contributed by atoms with E-state index in [1.165, 1.54) is 0 Å². The first-order chi connectivity index (χ1) is 10.2. The molecule has 0 aliphatic carbocycles. The number of hydrogen-bond acceptors (Lipinski definition) is 5. The third-order valence-electron chi connectivity index (χ3n) is 3.11. The van der Waals surface area contributed by atoms with Gasteiger partial charge in [-0.15, -0.1) is 5.10 Å². The monoisotopic (exact) mass is 282 g/mol. The van der Waals surface area contributed by atoms with Crippen molar-refractivity contribution in [3.63, 3.8) is 0 Å². The second-order valence-corrected chi connectivity index (χ2v) is 5.41. The molecular weight excluding hydrogens is 264 g/mol. The minimum absolute atomic E-state index is 0.538. The summed E-state index contributed by atoms with van der Waals surface area (Å²) in [5.74, 6) is 1.17. The van der Waals surface area contributed by atoms with Gasteiger partial charge in [-0.2, -0.15) is 4.68 Å². The second-order valence-electron chi connectivity index (χ2n) is 5.41. The van der Waals surface area contributed by atoms with E-state index >= 15 is 0 Å². The van der Waals surface area contributed by atoms with Crippen molar-refractivity contribution in [2.24, 2.45) is 5.92 Å². The quantitative estimate of drug-likeness (QED) is 0.774. The Labute approximate surface area is 123 Å². The van der Waals surface area contributed by atoms with Gasteiger partial charge in [-0.1, -0.05) is 31.2 Å². The van der Waals surface area contributed by atoms with Gasteiger partial charge < -0.3 is 5.32 Å². The smallest absolute Gasteiger partial charge is 0.252 e. The first-order valence-electron chi connectivity index (χ1n) is 7.06. The van der Waals surface area contributed by atoms with Crippen LogP contribution in [0.4, 0.5) is 0 Å². The van der Waals surface area contributed by atoms with Crippen LogP contribution in [0, 0.1) is 5.92 Å². The molecule has 0 amide bonds. The van der Waals surface area contributed by atoms with Crippen LogP contribution in [-0.4, -0.2) is 31.5 Å². The molecule has 108 valence electrons. The van der Waals surface area contributed by atoms with E-state index in [9.17, 15) is 0 Å². The van der Waals surface area contributed by atoms with Crippen LogP contribution in [0.5, 0.6) is 0 Å². The van der Waals surface area contributed by atoms with Crippen molar-refractivity contribution < 1.29 is 0 Å². The molecule has 3 rings (SSSR count). The highest BCUT2D eigenvalue weighted by Crippen LogP contribution is 2.12. The molecule has 3 aromatic rings. The lowest BCUT2D eigenvalue weighted by Gasteiger charge is -2.07. The highest BCUT2D eigenvalue weighted by molar-refractivity contribution is 5.75. The Bertz CT molecular complexity index is 716. The number of rotatable bonds is 5. The maximum Gasteiger partial charge on any atom is 0.252 e. The Kier molecular flexibility index (Phi) is 3.87. The molecule has 0 saturated carbocycles. The van der Waals surface area contributed by atoms with E-state index in [4.69, 9.17) is 0 Å². The van der Waals surface area contributed by atoms with E-state index in [0.29, 0.717) is 11.9 Å². The molecule has 0 aliphatic rings. The molecule has 21 heavy (non-hydrogen) atoms. The van der Waals surface area contributed by atoms with Crippen molar-refractivity contribution in [3.8, 4) is 5.95 Å². The van der Waals surface area contributed by atoms with Crippen molar-refractivity contribution in [2.75, 3.05) is 6.54 Å². The summed E-state index contributed by atoms with van der Waals surface area (Å²) in [4.78, 5) is 8.76. The highest BCUT2D eigenvalue weighted by Gasteiger charge is 2.07. The summed E-state index contributed by atoms with van der Waals surface area (Å²) in [5, 5.41) is 11.6. The third kappa shape index (κ3) is 3.05. The van der Waals surface area contributed by atoms with Crippen LogP contribution in [-0.2, 0) is 6.54 Å². The summed E-state index contributed by atoms with van der Waals surface area (Å²) in [6.45, 7) is 6.12. The summed E-state index contributed by atoms with van der Waals surface area (Å²) < 4.78 is 1.65. The van der Waals surface area contributed by atoms with Crippen molar-refractivity contribution >= 4 is 11.0 Å². The van der Waals surface area contributed by atoms with Gasteiger partial charge in [0, 0.05) is 24.5 Å². The first kappa shape index (κ1) is 13.6. The van der Waals surface area contributed by atoms with Gasteiger partial charge in [-0.25, -0.2) is 9.97 Å². The van der Waals surface area contributed by atoms with E-state index in [1.54, 1.807) is 4.68 Å². The average molecular weight is 282 g/mol. The predicted octanol–water partition coefficient (Wildman–Crippen LogP) is 1.96. The Morgan fingerprint density at radius 1 is 1.14 bits per heavy atom. The summed E-state index contributed by atoms with van der Waals surface area (Å²) in [6.07, 6.45) is 3.65. The molecule has 2 aromatic heterocycles. The molecule has 1 aromatic carbocycles. The van der Waals surface area contributed by atoms with Gasteiger partial charge in [0.2, 0.25) is 0 Å². The molecule has 6 nitrogen and oxygen atoms in total. The van der Waals surface area contributed by atoms with Crippen LogP contribution < -0.4 is 5.32 Å². The van der Waals surface area contributed by atoms with Crippen molar-refractivity contribution in [1.29, 1.82) is 0 Å². The summed E-state index contributed by atoms with van der Waals surface area (Å²) in [7, 11) is 0. The van der Waals surface area contributed by atoms with E-state index < -0.39 is 0 Å². The highest BCUT2D eigenvalue weighted by atomic mass is 15.5. The van der Waals surface area contributed by atoms with Crippen LogP contribution in [0.3, 0.4) is 0 Å². The number of hydrogen-bond donors (Lipinski definition) is 1. The number of nitrogens with one attached hydrogen (secondary N) is 1. The molecule has 0 aliphatic heterocycles. The summed E-state index contributed by atoms with van der Waals surface area (Å²) in [5.41, 5.74) is 2.80. The van der Waals surface area contributed by atoms with Gasteiger partial charge in [0.25, 0.3) is 5.95 Å². The lowest BCUT2D eigenvalue weighted by atomic mass is 10.2. The van der Waals surface area contributed by atoms with Gasteiger partial charge in [-0.3, -0.25) is 0 Å². The lowest BCUT2D eigenvalue weighted by Crippen LogP contribution is -2.19.